The Bertz CT molecular complexity index is 706. The third kappa shape index (κ3) is 4.57. The monoisotopic (exact) mass is 353 g/mol. The Labute approximate surface area is 157 Å². The molecular weight excluding hydrogens is 322 g/mol. The van der Waals surface area contributed by atoms with Crippen LogP contribution in [-0.2, 0) is 6.54 Å². The standard InChI is InChI=1S/C22H31N3O/c1-17-5-10-22(26-4)21(15-17)18(2)23-16-19-6-8-20(9-7-19)25-13-11-24(3)12-14-25/h5-10,15,18,23H,11-14,16H2,1-4H3/t18-/m1/s1. The molecule has 0 unspecified atom stereocenters. The van der Waals surface area contributed by atoms with Crippen LogP contribution >= 0.6 is 0 Å². The number of aryl methyl sites for hydroxylation is 1. The molecule has 2 aromatic rings. The minimum atomic E-state index is 0.238. The first kappa shape index (κ1) is 18.7. The average Bonchev–Trinajstić information content (AvgIpc) is 2.67. The number of nitrogens with zero attached hydrogens (tertiary/aromatic N) is 2. The topological polar surface area (TPSA) is 27.7 Å². The molecule has 2 aromatic carbocycles. The fourth-order valence-corrected chi connectivity index (χ4v) is 3.46. The first-order valence-electron chi connectivity index (χ1n) is 9.47. The number of methoxy groups -OCH3 is 1. The minimum Gasteiger partial charge on any atom is -0.496 e. The van der Waals surface area contributed by atoms with Gasteiger partial charge in [0.25, 0.3) is 0 Å². The number of hydrogen-bond acceptors (Lipinski definition) is 4. The molecule has 1 N–H and O–H groups in total. The molecule has 4 nitrogen and oxygen atoms in total. The van der Waals surface area contributed by atoms with Crippen molar-refractivity contribution < 1.29 is 4.74 Å². The Morgan fingerprint density at radius 3 is 2.38 bits per heavy atom. The Balaban J connectivity index is 1.59. The maximum Gasteiger partial charge on any atom is 0.123 e. The molecule has 1 aliphatic rings. The van der Waals surface area contributed by atoms with Crippen LogP contribution in [-0.4, -0.2) is 45.2 Å². The van der Waals surface area contributed by atoms with Crippen LogP contribution in [0, 0.1) is 6.92 Å². The molecule has 1 fully saturated rings. The van der Waals surface area contributed by atoms with E-state index in [0.717, 1.165) is 38.5 Å². The lowest BCUT2D eigenvalue weighted by Gasteiger charge is -2.34. The van der Waals surface area contributed by atoms with Crippen molar-refractivity contribution in [3.8, 4) is 5.75 Å². The first-order chi connectivity index (χ1) is 12.6. The zero-order valence-corrected chi connectivity index (χ0v) is 16.5. The van der Waals surface area contributed by atoms with Gasteiger partial charge in [0.1, 0.15) is 5.75 Å². The molecule has 1 heterocycles. The van der Waals surface area contributed by atoms with Gasteiger partial charge >= 0.3 is 0 Å². The van der Waals surface area contributed by atoms with Gasteiger partial charge in [-0.15, -0.1) is 0 Å². The Morgan fingerprint density at radius 2 is 1.73 bits per heavy atom. The summed E-state index contributed by atoms with van der Waals surface area (Å²) in [6, 6.07) is 15.6. The molecule has 1 aliphatic heterocycles. The number of likely N-dealkylation sites (N-methyl/N-ethyl adjacent to an activating group) is 1. The maximum atomic E-state index is 5.51. The lowest BCUT2D eigenvalue weighted by Crippen LogP contribution is -2.44. The lowest BCUT2D eigenvalue weighted by atomic mass is 10.0. The molecule has 0 saturated carbocycles. The first-order valence-corrected chi connectivity index (χ1v) is 9.47. The fraction of sp³-hybridized carbons (Fsp3) is 0.455. The summed E-state index contributed by atoms with van der Waals surface area (Å²) in [6.45, 7) is 9.65. The highest BCUT2D eigenvalue weighted by molar-refractivity contribution is 5.48. The number of ether oxygens (including phenoxy) is 1. The van der Waals surface area contributed by atoms with Gasteiger partial charge in [-0.05, 0) is 44.7 Å². The van der Waals surface area contributed by atoms with Crippen molar-refractivity contribution in [1.82, 2.24) is 10.2 Å². The average molecular weight is 354 g/mol. The minimum absolute atomic E-state index is 0.238. The van der Waals surface area contributed by atoms with Crippen molar-refractivity contribution >= 4 is 5.69 Å². The van der Waals surface area contributed by atoms with Crippen molar-refractivity contribution in [3.63, 3.8) is 0 Å². The van der Waals surface area contributed by atoms with Crippen LogP contribution in [0.25, 0.3) is 0 Å². The number of anilines is 1. The smallest absolute Gasteiger partial charge is 0.123 e. The van der Waals surface area contributed by atoms with Gasteiger partial charge in [-0.1, -0.05) is 29.8 Å². The zero-order chi connectivity index (χ0) is 18.5. The fourth-order valence-electron chi connectivity index (χ4n) is 3.46. The van der Waals surface area contributed by atoms with E-state index in [2.05, 4.69) is 72.4 Å². The molecule has 0 bridgehead atoms. The van der Waals surface area contributed by atoms with E-state index in [9.17, 15) is 0 Å². The molecule has 140 valence electrons. The molecular formula is C22H31N3O. The number of hydrogen-bond donors (Lipinski definition) is 1. The zero-order valence-electron chi connectivity index (χ0n) is 16.5. The molecule has 0 amide bonds. The van der Waals surface area contributed by atoms with Crippen LogP contribution in [0.15, 0.2) is 42.5 Å². The van der Waals surface area contributed by atoms with Crippen molar-refractivity contribution in [1.29, 1.82) is 0 Å². The van der Waals surface area contributed by atoms with Crippen LogP contribution in [0.5, 0.6) is 5.75 Å². The SMILES string of the molecule is COc1ccc(C)cc1[C@@H](C)NCc1ccc(N2CCN(C)CC2)cc1. The highest BCUT2D eigenvalue weighted by Gasteiger charge is 2.14. The normalized spacial score (nSPS) is 16.5. The van der Waals surface area contributed by atoms with Gasteiger partial charge in [0.05, 0.1) is 7.11 Å². The number of piperazine rings is 1. The predicted octanol–water partition coefficient (Wildman–Crippen LogP) is 3.61. The number of benzene rings is 2. The third-order valence-electron chi connectivity index (χ3n) is 5.27. The summed E-state index contributed by atoms with van der Waals surface area (Å²) in [7, 11) is 3.93. The van der Waals surface area contributed by atoms with Gasteiger partial charge in [-0.2, -0.15) is 0 Å². The second-order valence-corrected chi connectivity index (χ2v) is 7.30. The number of nitrogens with one attached hydrogen (secondary N) is 1. The van der Waals surface area contributed by atoms with Gasteiger partial charge in [-0.3, -0.25) is 0 Å². The highest BCUT2D eigenvalue weighted by Crippen LogP contribution is 2.26. The van der Waals surface area contributed by atoms with E-state index >= 15 is 0 Å². The summed E-state index contributed by atoms with van der Waals surface area (Å²) in [6.07, 6.45) is 0. The molecule has 26 heavy (non-hydrogen) atoms. The summed E-state index contributed by atoms with van der Waals surface area (Å²) >= 11 is 0. The molecule has 0 radical (unpaired) electrons. The lowest BCUT2D eigenvalue weighted by molar-refractivity contribution is 0.313. The summed E-state index contributed by atoms with van der Waals surface area (Å²) in [4.78, 5) is 4.85. The molecule has 4 heteroatoms. The maximum absolute atomic E-state index is 5.51. The number of rotatable bonds is 6. The van der Waals surface area contributed by atoms with Gasteiger partial charge in [-0.25, -0.2) is 0 Å². The Morgan fingerprint density at radius 1 is 1.04 bits per heavy atom. The van der Waals surface area contributed by atoms with Crippen LogP contribution in [0.3, 0.4) is 0 Å². The Hall–Kier alpha value is -2.04. The van der Waals surface area contributed by atoms with Crippen LogP contribution in [0.4, 0.5) is 5.69 Å². The quantitative estimate of drug-likeness (QED) is 0.859. The molecule has 0 aromatic heterocycles. The van der Waals surface area contributed by atoms with E-state index in [0.29, 0.717) is 0 Å². The van der Waals surface area contributed by atoms with E-state index < -0.39 is 0 Å². The van der Waals surface area contributed by atoms with Crippen LogP contribution in [0.1, 0.15) is 29.7 Å². The Kier molecular flexibility index (Phi) is 6.17. The van der Waals surface area contributed by atoms with Gasteiger partial charge in [0.15, 0.2) is 0 Å². The predicted molar refractivity (Wildman–Crippen MR) is 109 cm³/mol. The van der Waals surface area contributed by atoms with E-state index in [4.69, 9.17) is 4.74 Å². The second-order valence-electron chi connectivity index (χ2n) is 7.30. The van der Waals surface area contributed by atoms with Gasteiger partial charge in [0, 0.05) is 50.0 Å². The van der Waals surface area contributed by atoms with Gasteiger partial charge in [0.2, 0.25) is 0 Å². The third-order valence-corrected chi connectivity index (χ3v) is 5.27. The van der Waals surface area contributed by atoms with Crippen LogP contribution < -0.4 is 15.0 Å². The summed E-state index contributed by atoms with van der Waals surface area (Å²) < 4.78 is 5.51. The van der Waals surface area contributed by atoms with Gasteiger partial charge < -0.3 is 19.9 Å². The van der Waals surface area contributed by atoms with E-state index in [1.807, 2.05) is 6.07 Å². The van der Waals surface area contributed by atoms with Crippen LogP contribution in [0.2, 0.25) is 0 Å². The van der Waals surface area contributed by atoms with Crippen molar-refractivity contribution in [2.45, 2.75) is 26.4 Å². The summed E-state index contributed by atoms with van der Waals surface area (Å²) in [5, 5.41) is 3.62. The summed E-state index contributed by atoms with van der Waals surface area (Å²) in [5.74, 6) is 0.945. The molecule has 1 atom stereocenters. The summed E-state index contributed by atoms with van der Waals surface area (Å²) in [5.41, 5.74) is 5.10. The molecule has 1 saturated heterocycles. The second kappa shape index (κ2) is 8.56. The highest BCUT2D eigenvalue weighted by atomic mass is 16.5. The van der Waals surface area contributed by atoms with Crippen molar-refractivity contribution in [2.24, 2.45) is 0 Å². The van der Waals surface area contributed by atoms with E-state index in [1.165, 1.54) is 22.4 Å². The largest absolute Gasteiger partial charge is 0.496 e. The molecule has 0 spiro atoms. The van der Waals surface area contributed by atoms with E-state index in [-0.39, 0.29) is 6.04 Å². The van der Waals surface area contributed by atoms with Crippen molar-refractivity contribution in [2.75, 3.05) is 45.2 Å². The van der Waals surface area contributed by atoms with E-state index in [1.54, 1.807) is 7.11 Å². The molecule has 0 aliphatic carbocycles. The molecule has 3 rings (SSSR count). The van der Waals surface area contributed by atoms with Crippen molar-refractivity contribution in [3.05, 3.63) is 59.2 Å².